The summed E-state index contributed by atoms with van der Waals surface area (Å²) >= 11 is 0. The topological polar surface area (TPSA) is 43.4 Å². The molecule has 0 unspecified atom stereocenters. The fourth-order valence-electron chi connectivity index (χ4n) is 11.3. The molecule has 0 aromatic heterocycles. The van der Waals surface area contributed by atoms with Crippen molar-refractivity contribution >= 4 is 12.3 Å². The first-order valence-corrected chi connectivity index (χ1v) is 14.5. The van der Waals surface area contributed by atoms with Crippen LogP contribution >= 0.6 is 0 Å². The van der Waals surface area contributed by atoms with Gasteiger partial charge in [-0.25, -0.2) is 0 Å². The monoisotopic (exact) mass is 482 g/mol. The number of ether oxygens (including phenoxy) is 1. The molecule has 0 aliphatic heterocycles. The van der Waals surface area contributed by atoms with Crippen molar-refractivity contribution < 1.29 is 14.3 Å². The molecule has 0 amide bonds. The second-order valence-electron chi connectivity index (χ2n) is 15.5. The Labute approximate surface area is 214 Å². The zero-order chi connectivity index (χ0) is 25.7. The lowest BCUT2D eigenvalue weighted by molar-refractivity contribution is -0.183. The summed E-state index contributed by atoms with van der Waals surface area (Å²) in [7, 11) is 1.59. The molecule has 0 saturated heterocycles. The van der Waals surface area contributed by atoms with Crippen molar-refractivity contribution in [3.63, 3.8) is 0 Å². The van der Waals surface area contributed by atoms with Gasteiger partial charge < -0.3 is 9.53 Å². The molecule has 196 valence electrons. The maximum absolute atomic E-state index is 13.4. The van der Waals surface area contributed by atoms with Crippen molar-refractivity contribution in [2.24, 2.45) is 56.2 Å². The number of esters is 1. The van der Waals surface area contributed by atoms with Gasteiger partial charge in [0.05, 0.1) is 12.5 Å². The molecule has 3 heteroatoms. The highest BCUT2D eigenvalue weighted by molar-refractivity contribution is 5.78. The van der Waals surface area contributed by atoms with Crippen LogP contribution < -0.4 is 0 Å². The normalized spacial score (nSPS) is 49.9. The first-order valence-electron chi connectivity index (χ1n) is 14.5. The summed E-state index contributed by atoms with van der Waals surface area (Å²) in [6.07, 6.45) is 14.9. The van der Waals surface area contributed by atoms with E-state index in [1.807, 2.05) is 0 Å². The molecular formula is C32H50O3. The summed E-state index contributed by atoms with van der Waals surface area (Å²) in [5.74, 6) is 1.84. The fourth-order valence-corrected chi connectivity index (χ4v) is 11.3. The van der Waals surface area contributed by atoms with Crippen LogP contribution in [0.15, 0.2) is 11.6 Å². The molecule has 0 bridgehead atoms. The van der Waals surface area contributed by atoms with Crippen LogP contribution in [0.5, 0.6) is 0 Å². The van der Waals surface area contributed by atoms with E-state index in [4.69, 9.17) is 4.74 Å². The van der Waals surface area contributed by atoms with Crippen LogP contribution in [0.25, 0.3) is 0 Å². The van der Waals surface area contributed by atoms with Crippen molar-refractivity contribution in [1.82, 2.24) is 0 Å². The van der Waals surface area contributed by atoms with Crippen molar-refractivity contribution in [3.05, 3.63) is 11.6 Å². The van der Waals surface area contributed by atoms with Gasteiger partial charge in [0, 0.05) is 5.92 Å². The Bertz CT molecular complexity index is 944. The van der Waals surface area contributed by atoms with Crippen LogP contribution in [0.1, 0.15) is 113 Å². The van der Waals surface area contributed by atoms with Gasteiger partial charge in [-0.05, 0) is 109 Å². The van der Waals surface area contributed by atoms with Crippen molar-refractivity contribution in [1.29, 1.82) is 0 Å². The molecule has 0 N–H and O–H groups in total. The van der Waals surface area contributed by atoms with E-state index in [0.29, 0.717) is 17.8 Å². The number of carbonyl (C=O) groups excluding carboxylic acids is 2. The number of rotatable bonds is 2. The molecule has 4 saturated carbocycles. The Morgan fingerprint density at radius 2 is 1.49 bits per heavy atom. The van der Waals surface area contributed by atoms with Crippen LogP contribution in [-0.2, 0) is 14.3 Å². The molecule has 0 aromatic carbocycles. The Morgan fingerprint density at radius 3 is 2.11 bits per heavy atom. The zero-order valence-electron chi connectivity index (χ0n) is 23.8. The number of methoxy groups -OCH3 is 1. The Morgan fingerprint density at radius 1 is 0.857 bits per heavy atom. The standard InChI is InChI=1S/C32H50O3/c1-27(2)17-18-32(26(34)35-8)16-12-24-30(6)14-10-22-28(3,4)21(20-33)9-13-29(22,5)23(30)11-15-31(24,7)25(32)19-27/h12,20-23,25H,9-11,13-19H2,1-8H3/t21-,22+,23-,25+,29+,30-,31-,32-/m1/s1. The van der Waals surface area contributed by atoms with Crippen LogP contribution in [0.3, 0.4) is 0 Å². The largest absolute Gasteiger partial charge is 0.469 e. The quantitative estimate of drug-likeness (QED) is 0.229. The molecule has 5 aliphatic carbocycles. The van der Waals surface area contributed by atoms with Crippen LogP contribution in [0.4, 0.5) is 0 Å². The van der Waals surface area contributed by atoms with Gasteiger partial charge in [-0.2, -0.15) is 0 Å². The predicted molar refractivity (Wildman–Crippen MR) is 141 cm³/mol. The minimum Gasteiger partial charge on any atom is -0.469 e. The Hall–Kier alpha value is -1.12. The van der Waals surface area contributed by atoms with E-state index < -0.39 is 0 Å². The van der Waals surface area contributed by atoms with Crippen molar-refractivity contribution in [2.75, 3.05) is 7.11 Å². The third kappa shape index (κ3) is 3.21. The molecule has 4 fully saturated rings. The number of hydrogen-bond donors (Lipinski definition) is 0. The maximum Gasteiger partial charge on any atom is 0.312 e. The molecular weight excluding hydrogens is 432 g/mol. The van der Waals surface area contributed by atoms with Crippen LogP contribution in [-0.4, -0.2) is 19.4 Å². The summed E-state index contributed by atoms with van der Waals surface area (Å²) in [6, 6.07) is 0. The second kappa shape index (κ2) is 7.70. The van der Waals surface area contributed by atoms with Crippen LogP contribution in [0.2, 0.25) is 0 Å². The number of carbonyl (C=O) groups is 2. The molecule has 35 heavy (non-hydrogen) atoms. The highest BCUT2D eigenvalue weighted by atomic mass is 16.5. The Balaban J connectivity index is 1.58. The molecule has 5 aliphatic rings. The summed E-state index contributed by atoms with van der Waals surface area (Å²) in [5.41, 5.74) is 2.20. The molecule has 3 nitrogen and oxygen atoms in total. The maximum atomic E-state index is 13.4. The summed E-state index contributed by atoms with van der Waals surface area (Å²) < 4.78 is 5.51. The van der Waals surface area contributed by atoms with E-state index in [-0.39, 0.29) is 44.4 Å². The zero-order valence-corrected chi connectivity index (χ0v) is 23.8. The fraction of sp³-hybridized carbons (Fsp3) is 0.875. The lowest BCUT2D eigenvalue weighted by Crippen LogP contribution is -2.63. The minimum absolute atomic E-state index is 0.0337. The lowest BCUT2D eigenvalue weighted by Gasteiger charge is -2.70. The molecule has 0 heterocycles. The van der Waals surface area contributed by atoms with Gasteiger partial charge in [0.15, 0.2) is 0 Å². The van der Waals surface area contributed by atoms with Gasteiger partial charge in [-0.15, -0.1) is 0 Å². The van der Waals surface area contributed by atoms with E-state index in [1.54, 1.807) is 12.7 Å². The summed E-state index contributed by atoms with van der Waals surface area (Å²) in [4.78, 5) is 25.4. The van der Waals surface area contributed by atoms with E-state index in [2.05, 4.69) is 54.5 Å². The van der Waals surface area contributed by atoms with Gasteiger partial charge in [0.25, 0.3) is 0 Å². The number of hydrogen-bond acceptors (Lipinski definition) is 3. The summed E-state index contributed by atoms with van der Waals surface area (Å²) in [6.45, 7) is 17.2. The smallest absolute Gasteiger partial charge is 0.312 e. The van der Waals surface area contributed by atoms with E-state index in [0.717, 1.165) is 32.1 Å². The molecule has 8 atom stereocenters. The van der Waals surface area contributed by atoms with Crippen molar-refractivity contribution in [3.8, 4) is 0 Å². The SMILES string of the molecule is COC(=O)[C@@]12CC=C3[C@]4(C)CC[C@H]5C(C)(C)[C@@H](C=O)CC[C@]5(C)[C@H]4CC[C@@]3(C)[C@@H]1CC(C)(C)CC2. The highest BCUT2D eigenvalue weighted by Gasteiger charge is 2.68. The van der Waals surface area contributed by atoms with Gasteiger partial charge in [0.2, 0.25) is 0 Å². The number of allylic oxidation sites excluding steroid dienone is 2. The first kappa shape index (κ1) is 25.5. The predicted octanol–water partition coefficient (Wildman–Crippen LogP) is 7.78. The van der Waals surface area contributed by atoms with E-state index in [1.165, 1.54) is 38.4 Å². The minimum atomic E-state index is -0.350. The average molecular weight is 483 g/mol. The van der Waals surface area contributed by atoms with Gasteiger partial charge in [0.1, 0.15) is 6.29 Å². The van der Waals surface area contributed by atoms with E-state index in [9.17, 15) is 9.59 Å². The third-order valence-electron chi connectivity index (χ3n) is 13.2. The van der Waals surface area contributed by atoms with Crippen LogP contribution in [0, 0.1) is 56.2 Å². The van der Waals surface area contributed by atoms with E-state index >= 15 is 0 Å². The molecule has 0 spiro atoms. The average Bonchev–Trinajstić information content (AvgIpc) is 2.78. The van der Waals surface area contributed by atoms with Gasteiger partial charge in [-0.3, -0.25) is 4.79 Å². The Kier molecular flexibility index (Phi) is 5.62. The molecule has 0 radical (unpaired) electrons. The van der Waals surface area contributed by atoms with Gasteiger partial charge >= 0.3 is 5.97 Å². The lowest BCUT2D eigenvalue weighted by atomic mass is 9.34. The molecule has 5 rings (SSSR count). The van der Waals surface area contributed by atoms with Crippen molar-refractivity contribution in [2.45, 2.75) is 113 Å². The molecule has 0 aromatic rings. The summed E-state index contributed by atoms with van der Waals surface area (Å²) in [5, 5.41) is 0. The third-order valence-corrected chi connectivity index (χ3v) is 13.2. The number of fused-ring (bicyclic) bond motifs is 7. The number of aldehydes is 1. The second-order valence-corrected chi connectivity index (χ2v) is 15.5. The first-order chi connectivity index (χ1) is 16.2. The highest BCUT2D eigenvalue weighted by Crippen LogP contribution is 2.75. The van der Waals surface area contributed by atoms with Gasteiger partial charge in [-0.1, -0.05) is 60.1 Å².